The number of hydrogen-bond donors (Lipinski definition) is 3. The fourth-order valence-corrected chi connectivity index (χ4v) is 0.320. The SMILES string of the molecule is C=CC(=O)NCCC.N.N. The van der Waals surface area contributed by atoms with Crippen molar-refractivity contribution in [2.24, 2.45) is 0 Å². The van der Waals surface area contributed by atoms with Crippen LogP contribution in [0.2, 0.25) is 0 Å². The van der Waals surface area contributed by atoms with E-state index in [0.717, 1.165) is 13.0 Å². The first-order valence-corrected chi connectivity index (χ1v) is 2.71. The largest absolute Gasteiger partial charge is 0.353 e. The van der Waals surface area contributed by atoms with Crippen LogP contribution in [0.25, 0.3) is 0 Å². The van der Waals surface area contributed by atoms with Gasteiger partial charge in [0, 0.05) is 6.54 Å². The second kappa shape index (κ2) is 11.0. The molecule has 0 atom stereocenters. The Bertz CT molecular complexity index is 93.0. The lowest BCUT2D eigenvalue weighted by Crippen LogP contribution is -2.20. The Kier molecular flexibility index (Phi) is 17.7. The lowest BCUT2D eigenvalue weighted by molar-refractivity contribution is -0.116. The van der Waals surface area contributed by atoms with Crippen molar-refractivity contribution >= 4 is 5.91 Å². The van der Waals surface area contributed by atoms with E-state index in [9.17, 15) is 4.79 Å². The molecule has 0 bridgehead atoms. The zero-order valence-electron chi connectivity index (χ0n) is 6.52. The van der Waals surface area contributed by atoms with Crippen molar-refractivity contribution in [2.75, 3.05) is 6.54 Å². The van der Waals surface area contributed by atoms with E-state index in [4.69, 9.17) is 0 Å². The van der Waals surface area contributed by atoms with Gasteiger partial charge in [0.15, 0.2) is 0 Å². The van der Waals surface area contributed by atoms with Crippen LogP contribution in [0, 0.1) is 0 Å². The molecule has 0 saturated heterocycles. The van der Waals surface area contributed by atoms with Crippen LogP contribution in [-0.2, 0) is 4.79 Å². The van der Waals surface area contributed by atoms with Gasteiger partial charge >= 0.3 is 0 Å². The minimum Gasteiger partial charge on any atom is -0.353 e. The molecule has 0 aromatic rings. The highest BCUT2D eigenvalue weighted by Crippen LogP contribution is 1.70. The van der Waals surface area contributed by atoms with Gasteiger partial charge in [-0.2, -0.15) is 0 Å². The van der Waals surface area contributed by atoms with Gasteiger partial charge in [-0.1, -0.05) is 13.5 Å². The summed E-state index contributed by atoms with van der Waals surface area (Å²) >= 11 is 0. The molecule has 0 aliphatic rings. The van der Waals surface area contributed by atoms with Crippen molar-refractivity contribution in [1.82, 2.24) is 17.6 Å². The Labute approximate surface area is 61.9 Å². The molecule has 0 fully saturated rings. The van der Waals surface area contributed by atoms with Gasteiger partial charge in [-0.15, -0.1) is 0 Å². The normalized spacial score (nSPS) is 6.50. The molecule has 0 spiro atoms. The lowest BCUT2D eigenvalue weighted by atomic mass is 10.4. The Balaban J connectivity index is -0.000000245. The van der Waals surface area contributed by atoms with Crippen LogP contribution in [0.3, 0.4) is 0 Å². The molecular weight excluding hydrogens is 130 g/mol. The van der Waals surface area contributed by atoms with Gasteiger partial charge in [0.25, 0.3) is 0 Å². The molecule has 0 aromatic carbocycles. The number of carbonyl (C=O) groups excluding carboxylic acids is 1. The van der Waals surface area contributed by atoms with Gasteiger partial charge in [-0.3, -0.25) is 4.79 Å². The van der Waals surface area contributed by atoms with Gasteiger partial charge in [0.1, 0.15) is 0 Å². The molecule has 0 unspecified atom stereocenters. The Morgan fingerprint density at radius 2 is 2.10 bits per heavy atom. The lowest BCUT2D eigenvalue weighted by Gasteiger charge is -1.94. The maximum Gasteiger partial charge on any atom is 0.243 e. The van der Waals surface area contributed by atoms with E-state index < -0.39 is 0 Å². The molecule has 62 valence electrons. The average molecular weight is 147 g/mol. The van der Waals surface area contributed by atoms with Crippen molar-refractivity contribution in [3.05, 3.63) is 12.7 Å². The molecule has 0 aliphatic carbocycles. The van der Waals surface area contributed by atoms with Crippen LogP contribution < -0.4 is 17.6 Å². The smallest absolute Gasteiger partial charge is 0.243 e. The summed E-state index contributed by atoms with van der Waals surface area (Å²) in [6.07, 6.45) is 2.25. The summed E-state index contributed by atoms with van der Waals surface area (Å²) in [7, 11) is 0. The van der Waals surface area contributed by atoms with Crippen molar-refractivity contribution in [3.63, 3.8) is 0 Å². The Morgan fingerprint density at radius 3 is 2.40 bits per heavy atom. The fourth-order valence-electron chi connectivity index (χ4n) is 0.320. The van der Waals surface area contributed by atoms with Crippen LogP contribution in [0.1, 0.15) is 13.3 Å². The number of rotatable bonds is 3. The Hall–Kier alpha value is -0.870. The van der Waals surface area contributed by atoms with Crippen LogP contribution in [-0.4, -0.2) is 12.5 Å². The molecule has 0 aliphatic heterocycles. The molecule has 10 heavy (non-hydrogen) atoms. The molecule has 7 N–H and O–H groups in total. The highest BCUT2D eigenvalue weighted by atomic mass is 16.1. The summed E-state index contributed by atoms with van der Waals surface area (Å²) in [6.45, 7) is 6.05. The van der Waals surface area contributed by atoms with Gasteiger partial charge in [-0.25, -0.2) is 0 Å². The zero-order chi connectivity index (χ0) is 6.41. The van der Waals surface area contributed by atoms with E-state index in [1.54, 1.807) is 0 Å². The van der Waals surface area contributed by atoms with Crippen LogP contribution in [0.4, 0.5) is 0 Å². The average Bonchev–Trinajstić information content (AvgIpc) is 1.83. The molecule has 0 aromatic heterocycles. The zero-order valence-corrected chi connectivity index (χ0v) is 6.52. The van der Waals surface area contributed by atoms with E-state index in [1.807, 2.05) is 6.92 Å². The number of carbonyl (C=O) groups is 1. The quantitative estimate of drug-likeness (QED) is 0.519. The summed E-state index contributed by atoms with van der Waals surface area (Å²) in [5.41, 5.74) is 0. The third kappa shape index (κ3) is 10.2. The predicted molar refractivity (Wildman–Crippen MR) is 43.5 cm³/mol. The van der Waals surface area contributed by atoms with Crippen molar-refractivity contribution in [2.45, 2.75) is 13.3 Å². The molecule has 0 saturated carbocycles. The summed E-state index contributed by atoms with van der Waals surface area (Å²) in [6, 6.07) is 0. The van der Waals surface area contributed by atoms with E-state index in [2.05, 4.69) is 11.9 Å². The number of amides is 1. The van der Waals surface area contributed by atoms with Crippen molar-refractivity contribution in [1.29, 1.82) is 0 Å². The van der Waals surface area contributed by atoms with Crippen LogP contribution in [0.15, 0.2) is 12.7 Å². The fraction of sp³-hybridized carbons (Fsp3) is 0.500. The third-order valence-corrected chi connectivity index (χ3v) is 0.735. The molecule has 0 rings (SSSR count). The first kappa shape index (κ1) is 16.1. The summed E-state index contributed by atoms with van der Waals surface area (Å²) in [5.74, 6) is -0.0909. The van der Waals surface area contributed by atoms with Crippen molar-refractivity contribution in [3.8, 4) is 0 Å². The Morgan fingerprint density at radius 1 is 1.60 bits per heavy atom. The van der Waals surface area contributed by atoms with E-state index >= 15 is 0 Å². The van der Waals surface area contributed by atoms with Gasteiger partial charge in [0.2, 0.25) is 5.91 Å². The second-order valence-electron chi connectivity index (χ2n) is 1.50. The molecule has 1 amide bonds. The van der Waals surface area contributed by atoms with Crippen molar-refractivity contribution < 1.29 is 4.79 Å². The summed E-state index contributed by atoms with van der Waals surface area (Å²) in [5, 5.41) is 2.62. The number of hydrogen-bond acceptors (Lipinski definition) is 3. The minimum absolute atomic E-state index is 0. The molecule has 4 nitrogen and oxygen atoms in total. The van der Waals surface area contributed by atoms with Crippen LogP contribution >= 0.6 is 0 Å². The summed E-state index contributed by atoms with van der Waals surface area (Å²) < 4.78 is 0. The third-order valence-electron chi connectivity index (χ3n) is 0.735. The van der Waals surface area contributed by atoms with Crippen LogP contribution in [0.5, 0.6) is 0 Å². The highest BCUT2D eigenvalue weighted by Gasteiger charge is 1.86. The van der Waals surface area contributed by atoms with Gasteiger partial charge in [0.05, 0.1) is 0 Å². The maximum absolute atomic E-state index is 10.3. The molecule has 0 heterocycles. The summed E-state index contributed by atoms with van der Waals surface area (Å²) in [4.78, 5) is 10.3. The first-order chi connectivity index (χ1) is 3.81. The minimum atomic E-state index is -0.0909. The maximum atomic E-state index is 10.3. The molecular formula is C6H17N3O. The molecule has 4 heteroatoms. The number of nitrogens with one attached hydrogen (secondary N) is 1. The molecule has 0 radical (unpaired) electrons. The van der Waals surface area contributed by atoms with Gasteiger partial charge in [-0.05, 0) is 12.5 Å². The van der Waals surface area contributed by atoms with E-state index in [0.29, 0.717) is 0 Å². The monoisotopic (exact) mass is 147 g/mol. The second-order valence-corrected chi connectivity index (χ2v) is 1.50. The highest BCUT2D eigenvalue weighted by molar-refractivity contribution is 5.86. The topological polar surface area (TPSA) is 99.1 Å². The first-order valence-electron chi connectivity index (χ1n) is 2.71. The van der Waals surface area contributed by atoms with E-state index in [1.165, 1.54) is 6.08 Å². The predicted octanol–water partition coefficient (Wildman–Crippen LogP) is 1.02. The standard InChI is InChI=1S/C6H11NO.2H3N/c1-3-5-7-6(8)4-2;;/h4H,2-3,5H2,1H3,(H,7,8);2*1H3. The van der Waals surface area contributed by atoms with E-state index in [-0.39, 0.29) is 18.2 Å². The van der Waals surface area contributed by atoms with Gasteiger partial charge < -0.3 is 17.6 Å².